The maximum atomic E-state index is 13.4. The Bertz CT molecular complexity index is 783. The number of halogens is 3. The molecule has 2 atom stereocenters. The molecule has 2 heterocycles. The van der Waals surface area contributed by atoms with Crippen molar-refractivity contribution in [2.24, 2.45) is 5.92 Å². The number of benzene rings is 1. The highest BCUT2D eigenvalue weighted by molar-refractivity contribution is 6.03. The normalized spacial score (nSPS) is 22.8. The van der Waals surface area contributed by atoms with Crippen LogP contribution in [-0.4, -0.2) is 27.9 Å². The average Bonchev–Trinajstić information content (AvgIpc) is 3.32. The van der Waals surface area contributed by atoms with E-state index in [9.17, 15) is 18.0 Å². The fourth-order valence-corrected chi connectivity index (χ4v) is 3.24. The predicted octanol–water partition coefficient (Wildman–Crippen LogP) is 3.83. The number of amides is 1. The lowest BCUT2D eigenvalue weighted by Crippen LogP contribution is -2.40. The number of carbonyl (C=O) groups is 1. The molecule has 2 N–H and O–H groups in total. The highest BCUT2D eigenvalue weighted by Gasteiger charge is 2.49. The molecule has 1 saturated carbocycles. The minimum Gasteiger partial charge on any atom is -0.367 e. The van der Waals surface area contributed by atoms with Crippen molar-refractivity contribution in [3.63, 3.8) is 0 Å². The summed E-state index contributed by atoms with van der Waals surface area (Å²) in [6, 6.07) is 8.20. The van der Waals surface area contributed by atoms with E-state index in [0.717, 1.165) is 17.5 Å². The number of nitrogens with one attached hydrogen (secondary N) is 2. The van der Waals surface area contributed by atoms with Crippen LogP contribution >= 0.6 is 0 Å². The van der Waals surface area contributed by atoms with Crippen molar-refractivity contribution in [1.29, 1.82) is 0 Å². The highest BCUT2D eigenvalue weighted by Crippen LogP contribution is 2.45. The van der Waals surface area contributed by atoms with Crippen molar-refractivity contribution in [2.75, 3.05) is 10.6 Å². The SMILES string of the molecule is O=C(Nc1ccccc1)c1cc2n(n1)[C@H](C(F)(F)F)C[C@H](C1CC1)N2. The van der Waals surface area contributed by atoms with Gasteiger partial charge in [0.25, 0.3) is 5.91 Å². The number of rotatable bonds is 3. The third-order valence-corrected chi connectivity index (χ3v) is 4.67. The first-order valence-corrected chi connectivity index (χ1v) is 8.21. The van der Waals surface area contributed by atoms with Crippen LogP contribution < -0.4 is 10.6 Å². The van der Waals surface area contributed by atoms with E-state index in [1.54, 1.807) is 30.3 Å². The first kappa shape index (κ1) is 16.0. The second kappa shape index (κ2) is 5.79. The monoisotopic (exact) mass is 350 g/mol. The van der Waals surface area contributed by atoms with Crippen molar-refractivity contribution in [2.45, 2.75) is 37.5 Å². The summed E-state index contributed by atoms with van der Waals surface area (Å²) >= 11 is 0. The molecule has 5 nitrogen and oxygen atoms in total. The largest absolute Gasteiger partial charge is 0.410 e. The van der Waals surface area contributed by atoms with Crippen molar-refractivity contribution < 1.29 is 18.0 Å². The molecule has 132 valence electrons. The Kier molecular flexibility index (Phi) is 3.70. The van der Waals surface area contributed by atoms with Gasteiger partial charge in [-0.25, -0.2) is 4.68 Å². The van der Waals surface area contributed by atoms with Crippen LogP contribution in [-0.2, 0) is 0 Å². The van der Waals surface area contributed by atoms with E-state index in [2.05, 4.69) is 15.7 Å². The number of aromatic nitrogens is 2. The van der Waals surface area contributed by atoms with Gasteiger partial charge in [-0.2, -0.15) is 18.3 Å². The van der Waals surface area contributed by atoms with Crippen LogP contribution in [0.2, 0.25) is 0 Å². The number of para-hydroxylation sites is 1. The summed E-state index contributed by atoms with van der Waals surface area (Å²) in [6.45, 7) is 0. The van der Waals surface area contributed by atoms with Gasteiger partial charge in [0.2, 0.25) is 0 Å². The van der Waals surface area contributed by atoms with E-state index in [4.69, 9.17) is 0 Å². The third kappa shape index (κ3) is 3.20. The maximum absolute atomic E-state index is 13.4. The molecule has 1 fully saturated rings. The van der Waals surface area contributed by atoms with Gasteiger partial charge in [0.15, 0.2) is 11.7 Å². The van der Waals surface area contributed by atoms with Crippen LogP contribution in [0.5, 0.6) is 0 Å². The van der Waals surface area contributed by atoms with E-state index < -0.39 is 18.1 Å². The van der Waals surface area contributed by atoms with E-state index in [-0.39, 0.29) is 29.9 Å². The lowest BCUT2D eigenvalue weighted by molar-refractivity contribution is -0.174. The van der Waals surface area contributed by atoms with E-state index in [0.29, 0.717) is 5.69 Å². The summed E-state index contributed by atoms with van der Waals surface area (Å²) in [6.07, 6.45) is -2.57. The van der Waals surface area contributed by atoms with Gasteiger partial charge in [0.05, 0.1) is 0 Å². The summed E-state index contributed by atoms with van der Waals surface area (Å²) < 4.78 is 41.2. The van der Waals surface area contributed by atoms with Crippen molar-refractivity contribution >= 4 is 17.4 Å². The lowest BCUT2D eigenvalue weighted by atomic mass is 10.0. The standard InChI is InChI=1S/C17H17F3N4O/c18-17(19,20)14-8-12(10-6-7-10)22-15-9-13(23-24(14)15)16(25)21-11-4-2-1-3-5-11/h1-5,9-10,12,14,22H,6-8H2,(H,21,25)/t12-,14+/m1/s1. The Balaban J connectivity index is 1.61. The van der Waals surface area contributed by atoms with Crippen LogP contribution in [0.15, 0.2) is 36.4 Å². The summed E-state index contributed by atoms with van der Waals surface area (Å²) in [5.41, 5.74) is 0.534. The third-order valence-electron chi connectivity index (χ3n) is 4.67. The van der Waals surface area contributed by atoms with E-state index >= 15 is 0 Å². The molecule has 8 heteroatoms. The molecule has 0 saturated heterocycles. The van der Waals surface area contributed by atoms with Crippen LogP contribution in [0.1, 0.15) is 35.8 Å². The Hall–Kier alpha value is -2.51. The minimum atomic E-state index is -4.40. The molecule has 0 spiro atoms. The quantitative estimate of drug-likeness (QED) is 0.884. The smallest absolute Gasteiger partial charge is 0.367 e. The first-order valence-electron chi connectivity index (χ1n) is 8.21. The second-order valence-corrected chi connectivity index (χ2v) is 6.56. The molecule has 1 aromatic carbocycles. The van der Waals surface area contributed by atoms with Crippen LogP contribution in [0.3, 0.4) is 0 Å². The average molecular weight is 350 g/mol. The zero-order valence-electron chi connectivity index (χ0n) is 13.3. The molecular weight excluding hydrogens is 333 g/mol. The van der Waals surface area contributed by atoms with Crippen molar-refractivity contribution in [1.82, 2.24) is 9.78 Å². The van der Waals surface area contributed by atoms with Gasteiger partial charge in [-0.15, -0.1) is 0 Å². The van der Waals surface area contributed by atoms with Crippen LogP contribution in [0.25, 0.3) is 0 Å². The molecular formula is C17H17F3N4O. The van der Waals surface area contributed by atoms with Gasteiger partial charge >= 0.3 is 6.18 Å². The molecule has 1 aromatic heterocycles. The number of nitrogens with zero attached hydrogens (tertiary/aromatic N) is 2. The topological polar surface area (TPSA) is 59.0 Å². The second-order valence-electron chi connectivity index (χ2n) is 6.56. The summed E-state index contributed by atoms with van der Waals surface area (Å²) in [5.74, 6) is -0.00224. The highest BCUT2D eigenvalue weighted by atomic mass is 19.4. The van der Waals surface area contributed by atoms with Crippen LogP contribution in [0.4, 0.5) is 24.7 Å². The zero-order valence-corrected chi connectivity index (χ0v) is 13.3. The van der Waals surface area contributed by atoms with Crippen molar-refractivity contribution in [3.05, 3.63) is 42.1 Å². The summed E-state index contributed by atoms with van der Waals surface area (Å²) in [4.78, 5) is 12.3. The summed E-state index contributed by atoms with van der Waals surface area (Å²) in [7, 11) is 0. The van der Waals surface area contributed by atoms with E-state index in [1.807, 2.05) is 0 Å². The van der Waals surface area contributed by atoms with Gasteiger partial charge in [-0.05, 0) is 37.3 Å². The van der Waals surface area contributed by atoms with Gasteiger partial charge in [-0.3, -0.25) is 4.79 Å². The van der Waals surface area contributed by atoms with Gasteiger partial charge < -0.3 is 10.6 Å². The Labute approximate surface area is 142 Å². The first-order chi connectivity index (χ1) is 11.9. The fourth-order valence-electron chi connectivity index (χ4n) is 3.24. The number of alkyl halides is 3. The van der Waals surface area contributed by atoms with Crippen LogP contribution in [0, 0.1) is 5.92 Å². The Morgan fingerprint density at radius 2 is 1.96 bits per heavy atom. The minimum absolute atomic E-state index is 0.0305. The van der Waals surface area contributed by atoms with E-state index in [1.165, 1.54) is 6.07 Å². The molecule has 25 heavy (non-hydrogen) atoms. The number of anilines is 2. The molecule has 0 bridgehead atoms. The van der Waals surface area contributed by atoms with Gasteiger partial charge in [0.1, 0.15) is 5.82 Å². The van der Waals surface area contributed by atoms with Gasteiger partial charge in [-0.1, -0.05) is 18.2 Å². The number of hydrogen-bond acceptors (Lipinski definition) is 3. The molecule has 4 rings (SSSR count). The maximum Gasteiger partial charge on any atom is 0.410 e. The Morgan fingerprint density at radius 1 is 1.24 bits per heavy atom. The van der Waals surface area contributed by atoms with Gasteiger partial charge in [0, 0.05) is 17.8 Å². The molecule has 1 aliphatic carbocycles. The Morgan fingerprint density at radius 3 is 2.60 bits per heavy atom. The number of carbonyl (C=O) groups excluding carboxylic acids is 1. The molecule has 0 unspecified atom stereocenters. The molecule has 1 aliphatic heterocycles. The molecule has 2 aliphatic rings. The summed E-state index contributed by atoms with van der Waals surface area (Å²) in [5, 5.41) is 9.70. The molecule has 1 amide bonds. The number of hydrogen-bond donors (Lipinski definition) is 2. The zero-order chi connectivity index (χ0) is 17.6. The molecule has 2 aromatic rings. The fraction of sp³-hybridized carbons (Fsp3) is 0.412. The number of fused-ring (bicyclic) bond motifs is 1. The predicted molar refractivity (Wildman–Crippen MR) is 86.5 cm³/mol. The van der Waals surface area contributed by atoms with Crippen molar-refractivity contribution in [3.8, 4) is 0 Å². The molecule has 0 radical (unpaired) electrons. The lowest BCUT2D eigenvalue weighted by Gasteiger charge is -2.33.